The molecule has 224 valence electrons. The van der Waals surface area contributed by atoms with E-state index in [1.165, 1.54) is 21.5 Å². The first-order chi connectivity index (χ1) is 23.8. The second-order valence-corrected chi connectivity index (χ2v) is 11.9. The Morgan fingerprint density at radius 3 is 1.54 bits per heavy atom. The largest absolute Gasteiger partial charge is 0.256 e. The lowest BCUT2D eigenvalue weighted by atomic mass is 9.90. The number of nitrogens with zero attached hydrogens (tertiary/aromatic N) is 4. The molecule has 0 saturated carbocycles. The molecule has 48 heavy (non-hydrogen) atoms. The van der Waals surface area contributed by atoms with Crippen LogP contribution < -0.4 is 0 Å². The highest BCUT2D eigenvalue weighted by molar-refractivity contribution is 6.14. The van der Waals surface area contributed by atoms with E-state index in [2.05, 4.69) is 91.0 Å². The predicted octanol–water partition coefficient (Wildman–Crippen LogP) is 11.1. The van der Waals surface area contributed by atoms with Gasteiger partial charge >= 0.3 is 0 Å². The van der Waals surface area contributed by atoms with Crippen LogP contribution in [0, 0.1) is 0 Å². The van der Waals surface area contributed by atoms with E-state index in [9.17, 15) is 0 Å². The van der Waals surface area contributed by atoms with Gasteiger partial charge in [0.15, 0.2) is 17.5 Å². The zero-order valence-corrected chi connectivity index (χ0v) is 26.0. The number of aromatic nitrogens is 4. The number of fused-ring (bicyclic) bond motifs is 4. The summed E-state index contributed by atoms with van der Waals surface area (Å²) in [6.07, 6.45) is 1.96. The van der Waals surface area contributed by atoms with Crippen molar-refractivity contribution >= 4 is 32.4 Å². The fraction of sp³-hybridized carbons (Fsp3) is 0. The lowest BCUT2D eigenvalue weighted by Gasteiger charge is -2.15. The molecule has 4 nitrogen and oxygen atoms in total. The van der Waals surface area contributed by atoms with Gasteiger partial charge in [0, 0.05) is 33.8 Å². The van der Waals surface area contributed by atoms with E-state index in [4.69, 9.17) is 19.9 Å². The molecule has 4 heteroatoms. The summed E-state index contributed by atoms with van der Waals surface area (Å²) in [5, 5.41) is 5.95. The van der Waals surface area contributed by atoms with Gasteiger partial charge in [-0.1, -0.05) is 127 Å². The summed E-state index contributed by atoms with van der Waals surface area (Å²) in [6, 6.07) is 56.9. The van der Waals surface area contributed by atoms with Crippen LogP contribution in [0.15, 0.2) is 170 Å². The van der Waals surface area contributed by atoms with Crippen molar-refractivity contribution in [2.45, 2.75) is 0 Å². The molecule has 0 unspecified atom stereocenters. The Balaban J connectivity index is 1.33. The fourth-order valence-corrected chi connectivity index (χ4v) is 6.54. The maximum atomic E-state index is 5.09. The number of benzene rings is 7. The SMILES string of the molecule is c1ccc(-c2nc(-c3ccccc3)nc(-c3cc(-c4cnc5ccccc5c4)cc(-c4cc5ccccc5c5ccccc45)c3)n2)cc1. The third kappa shape index (κ3) is 5.06. The predicted molar refractivity (Wildman–Crippen MR) is 197 cm³/mol. The van der Waals surface area contributed by atoms with Gasteiger partial charge in [-0.15, -0.1) is 0 Å². The van der Waals surface area contributed by atoms with Crippen LogP contribution in [0.1, 0.15) is 0 Å². The second kappa shape index (κ2) is 11.7. The van der Waals surface area contributed by atoms with E-state index in [0.29, 0.717) is 17.5 Å². The number of hydrogen-bond acceptors (Lipinski definition) is 4. The molecule has 0 atom stereocenters. The molecule has 0 aliphatic carbocycles. The quantitative estimate of drug-likeness (QED) is 0.181. The van der Waals surface area contributed by atoms with Crippen molar-refractivity contribution in [3.05, 3.63) is 170 Å². The average molecular weight is 613 g/mol. The van der Waals surface area contributed by atoms with Crippen molar-refractivity contribution in [1.82, 2.24) is 19.9 Å². The van der Waals surface area contributed by atoms with Crippen molar-refractivity contribution in [1.29, 1.82) is 0 Å². The molecule has 0 aliphatic heterocycles. The van der Waals surface area contributed by atoms with Crippen LogP contribution in [0.5, 0.6) is 0 Å². The van der Waals surface area contributed by atoms with Crippen LogP contribution in [-0.2, 0) is 0 Å². The zero-order valence-electron chi connectivity index (χ0n) is 26.0. The minimum atomic E-state index is 0.615. The first-order valence-corrected chi connectivity index (χ1v) is 16.1. The molecule has 0 radical (unpaired) electrons. The normalized spacial score (nSPS) is 11.3. The van der Waals surface area contributed by atoms with Gasteiger partial charge < -0.3 is 0 Å². The monoisotopic (exact) mass is 612 g/mol. The second-order valence-electron chi connectivity index (χ2n) is 11.9. The van der Waals surface area contributed by atoms with Crippen LogP contribution in [0.4, 0.5) is 0 Å². The number of hydrogen-bond donors (Lipinski definition) is 0. The maximum absolute atomic E-state index is 5.09. The highest BCUT2D eigenvalue weighted by Gasteiger charge is 2.16. The van der Waals surface area contributed by atoms with Crippen LogP contribution >= 0.6 is 0 Å². The Labute approximate surface area is 278 Å². The van der Waals surface area contributed by atoms with E-state index in [1.807, 2.05) is 79.0 Å². The summed E-state index contributed by atoms with van der Waals surface area (Å²) >= 11 is 0. The summed E-state index contributed by atoms with van der Waals surface area (Å²) in [5.74, 6) is 1.88. The van der Waals surface area contributed by atoms with Crippen molar-refractivity contribution in [2.24, 2.45) is 0 Å². The molecule has 0 aliphatic rings. The molecule has 0 bridgehead atoms. The Hall–Kier alpha value is -6.52. The van der Waals surface area contributed by atoms with E-state index < -0.39 is 0 Å². The Morgan fingerprint density at radius 1 is 0.312 bits per heavy atom. The van der Waals surface area contributed by atoms with Crippen LogP contribution in [0.25, 0.3) is 88.9 Å². The summed E-state index contributed by atoms with van der Waals surface area (Å²) in [4.78, 5) is 19.9. The standard InChI is InChI=1S/C44H28N4/c1-3-13-29(14-4-1)42-46-43(30-15-5-2-6-16-30)48-44(47-42)35-25-33(36-23-32-18-8-12-22-41(32)45-28-36)24-34(26-35)40-27-31-17-7-9-19-37(31)38-20-10-11-21-39(38)40/h1-28H. The highest BCUT2D eigenvalue weighted by atomic mass is 15.0. The van der Waals surface area contributed by atoms with Gasteiger partial charge in [-0.3, -0.25) is 4.98 Å². The van der Waals surface area contributed by atoms with E-state index in [1.54, 1.807) is 0 Å². The molecule has 0 spiro atoms. The van der Waals surface area contributed by atoms with Gasteiger partial charge in [-0.2, -0.15) is 0 Å². The van der Waals surface area contributed by atoms with Gasteiger partial charge in [-0.05, 0) is 74.6 Å². The van der Waals surface area contributed by atoms with Gasteiger partial charge in [0.25, 0.3) is 0 Å². The van der Waals surface area contributed by atoms with Gasteiger partial charge in [0.1, 0.15) is 0 Å². The molecule has 2 aromatic heterocycles. The average Bonchev–Trinajstić information content (AvgIpc) is 3.17. The van der Waals surface area contributed by atoms with Gasteiger partial charge in [0.2, 0.25) is 0 Å². The van der Waals surface area contributed by atoms with Crippen molar-refractivity contribution < 1.29 is 0 Å². The van der Waals surface area contributed by atoms with Crippen molar-refractivity contribution in [2.75, 3.05) is 0 Å². The molecular formula is C44H28N4. The smallest absolute Gasteiger partial charge is 0.164 e. The molecular weight excluding hydrogens is 585 g/mol. The summed E-state index contributed by atoms with van der Waals surface area (Å²) in [7, 11) is 0. The first kappa shape index (κ1) is 27.8. The van der Waals surface area contributed by atoms with Gasteiger partial charge in [-0.25, -0.2) is 15.0 Å². The molecule has 2 heterocycles. The molecule has 0 saturated heterocycles. The first-order valence-electron chi connectivity index (χ1n) is 16.1. The third-order valence-corrected chi connectivity index (χ3v) is 8.89. The number of pyridine rings is 1. The van der Waals surface area contributed by atoms with E-state index in [0.717, 1.165) is 49.8 Å². The lowest BCUT2D eigenvalue weighted by molar-refractivity contribution is 1.07. The van der Waals surface area contributed by atoms with E-state index >= 15 is 0 Å². The number of para-hydroxylation sites is 1. The van der Waals surface area contributed by atoms with Gasteiger partial charge in [0.05, 0.1) is 5.52 Å². The number of rotatable bonds is 5. The highest BCUT2D eigenvalue weighted by Crippen LogP contribution is 2.39. The Bertz CT molecular complexity index is 2560. The molecule has 9 aromatic rings. The topological polar surface area (TPSA) is 51.6 Å². The summed E-state index contributed by atoms with van der Waals surface area (Å²) < 4.78 is 0. The minimum Gasteiger partial charge on any atom is -0.256 e. The Kier molecular flexibility index (Phi) is 6.76. The summed E-state index contributed by atoms with van der Waals surface area (Å²) in [5.41, 5.74) is 8.06. The minimum absolute atomic E-state index is 0.615. The molecule has 7 aromatic carbocycles. The van der Waals surface area contributed by atoms with Crippen molar-refractivity contribution in [3.8, 4) is 56.4 Å². The van der Waals surface area contributed by atoms with E-state index in [-0.39, 0.29) is 0 Å². The van der Waals surface area contributed by atoms with Crippen LogP contribution in [0.3, 0.4) is 0 Å². The zero-order chi connectivity index (χ0) is 31.9. The maximum Gasteiger partial charge on any atom is 0.164 e. The Morgan fingerprint density at radius 2 is 0.833 bits per heavy atom. The fourth-order valence-electron chi connectivity index (χ4n) is 6.54. The van der Waals surface area contributed by atoms with Crippen LogP contribution in [-0.4, -0.2) is 19.9 Å². The lowest BCUT2D eigenvalue weighted by Crippen LogP contribution is -2.00. The molecule has 9 rings (SSSR count). The van der Waals surface area contributed by atoms with Crippen molar-refractivity contribution in [3.63, 3.8) is 0 Å². The third-order valence-electron chi connectivity index (χ3n) is 8.89. The van der Waals surface area contributed by atoms with Crippen LogP contribution in [0.2, 0.25) is 0 Å². The molecule has 0 amide bonds. The summed E-state index contributed by atoms with van der Waals surface area (Å²) in [6.45, 7) is 0. The molecule has 0 fully saturated rings. The molecule has 0 N–H and O–H groups in total.